The van der Waals surface area contributed by atoms with Gasteiger partial charge in [0.25, 0.3) is 0 Å². The molecule has 0 spiro atoms. The van der Waals surface area contributed by atoms with Crippen LogP contribution in [0.15, 0.2) is 24.3 Å². The zero-order chi connectivity index (χ0) is 12.3. The summed E-state index contributed by atoms with van der Waals surface area (Å²) in [5, 5.41) is 3.14. The van der Waals surface area contributed by atoms with Crippen molar-refractivity contribution in [2.75, 3.05) is 13.1 Å². The Morgan fingerprint density at radius 2 is 1.76 bits per heavy atom. The molecule has 0 aliphatic carbocycles. The Balaban J connectivity index is 1.93. The SMILES string of the molecule is FC(F)(F)Oc1ccc(O[C@H]2CCNC2)cc1. The van der Waals surface area contributed by atoms with Crippen LogP contribution in [0.4, 0.5) is 13.2 Å². The molecule has 1 aliphatic rings. The van der Waals surface area contributed by atoms with Crippen molar-refractivity contribution in [2.24, 2.45) is 0 Å². The van der Waals surface area contributed by atoms with E-state index in [1.54, 1.807) is 0 Å². The molecule has 1 fully saturated rings. The number of rotatable bonds is 3. The van der Waals surface area contributed by atoms with Gasteiger partial charge in [0.05, 0.1) is 0 Å². The van der Waals surface area contributed by atoms with Crippen molar-refractivity contribution in [2.45, 2.75) is 18.9 Å². The van der Waals surface area contributed by atoms with Gasteiger partial charge < -0.3 is 14.8 Å². The topological polar surface area (TPSA) is 30.5 Å². The normalized spacial score (nSPS) is 20.3. The highest BCUT2D eigenvalue weighted by molar-refractivity contribution is 5.31. The van der Waals surface area contributed by atoms with E-state index in [4.69, 9.17) is 4.74 Å². The van der Waals surface area contributed by atoms with Crippen molar-refractivity contribution in [1.82, 2.24) is 5.32 Å². The summed E-state index contributed by atoms with van der Waals surface area (Å²) in [6.45, 7) is 1.67. The number of ether oxygens (including phenoxy) is 2. The van der Waals surface area contributed by atoms with Crippen LogP contribution in [0.5, 0.6) is 11.5 Å². The lowest BCUT2D eigenvalue weighted by molar-refractivity contribution is -0.274. The summed E-state index contributed by atoms with van der Waals surface area (Å²) < 4.78 is 45.0. The van der Waals surface area contributed by atoms with Crippen LogP contribution in [0.3, 0.4) is 0 Å². The fourth-order valence-corrected chi connectivity index (χ4v) is 1.64. The second kappa shape index (κ2) is 4.83. The van der Waals surface area contributed by atoms with Crippen molar-refractivity contribution in [3.63, 3.8) is 0 Å². The number of hydrogen-bond acceptors (Lipinski definition) is 3. The molecule has 1 aliphatic heterocycles. The average Bonchev–Trinajstić information content (AvgIpc) is 2.71. The van der Waals surface area contributed by atoms with Gasteiger partial charge in [0.2, 0.25) is 0 Å². The molecule has 1 saturated heterocycles. The molecule has 0 aromatic heterocycles. The van der Waals surface area contributed by atoms with E-state index in [0.29, 0.717) is 5.75 Å². The van der Waals surface area contributed by atoms with Gasteiger partial charge in [0.1, 0.15) is 17.6 Å². The molecule has 3 nitrogen and oxygen atoms in total. The van der Waals surface area contributed by atoms with Gasteiger partial charge in [-0.15, -0.1) is 13.2 Å². The molecule has 17 heavy (non-hydrogen) atoms. The molecule has 1 N–H and O–H groups in total. The van der Waals surface area contributed by atoms with Crippen LogP contribution in [0.1, 0.15) is 6.42 Å². The third kappa shape index (κ3) is 3.81. The van der Waals surface area contributed by atoms with E-state index < -0.39 is 6.36 Å². The molecule has 1 atom stereocenters. The minimum atomic E-state index is -4.66. The van der Waals surface area contributed by atoms with Gasteiger partial charge in [-0.25, -0.2) is 0 Å². The Bertz CT molecular complexity index is 358. The summed E-state index contributed by atoms with van der Waals surface area (Å²) in [7, 11) is 0. The van der Waals surface area contributed by atoms with Gasteiger partial charge >= 0.3 is 6.36 Å². The predicted octanol–water partition coefficient (Wildman–Crippen LogP) is 2.33. The first-order valence-electron chi connectivity index (χ1n) is 5.26. The summed E-state index contributed by atoms with van der Waals surface area (Å²) >= 11 is 0. The van der Waals surface area contributed by atoms with E-state index in [9.17, 15) is 13.2 Å². The van der Waals surface area contributed by atoms with E-state index in [2.05, 4.69) is 10.1 Å². The monoisotopic (exact) mass is 247 g/mol. The Morgan fingerprint density at radius 1 is 1.12 bits per heavy atom. The van der Waals surface area contributed by atoms with E-state index in [1.807, 2.05) is 0 Å². The maximum absolute atomic E-state index is 11.9. The molecule has 0 unspecified atom stereocenters. The number of benzene rings is 1. The van der Waals surface area contributed by atoms with Crippen molar-refractivity contribution < 1.29 is 22.6 Å². The zero-order valence-corrected chi connectivity index (χ0v) is 8.96. The second-order valence-electron chi connectivity index (χ2n) is 3.75. The largest absolute Gasteiger partial charge is 0.573 e. The molecule has 1 aromatic carbocycles. The van der Waals surface area contributed by atoms with Crippen LogP contribution in [0.2, 0.25) is 0 Å². The lowest BCUT2D eigenvalue weighted by Crippen LogP contribution is -2.19. The van der Waals surface area contributed by atoms with Crippen LogP contribution in [0.25, 0.3) is 0 Å². The minimum Gasteiger partial charge on any atom is -0.489 e. The first-order chi connectivity index (χ1) is 8.03. The summed E-state index contributed by atoms with van der Waals surface area (Å²) in [5.41, 5.74) is 0. The third-order valence-electron chi connectivity index (χ3n) is 2.38. The zero-order valence-electron chi connectivity index (χ0n) is 8.96. The third-order valence-corrected chi connectivity index (χ3v) is 2.38. The molecule has 0 bridgehead atoms. The highest BCUT2D eigenvalue weighted by Gasteiger charge is 2.31. The van der Waals surface area contributed by atoms with Crippen molar-refractivity contribution >= 4 is 0 Å². The molecule has 1 heterocycles. The Kier molecular flexibility index (Phi) is 3.42. The molecule has 6 heteroatoms. The van der Waals surface area contributed by atoms with E-state index in [0.717, 1.165) is 19.5 Å². The van der Waals surface area contributed by atoms with Gasteiger partial charge in [-0.2, -0.15) is 0 Å². The highest BCUT2D eigenvalue weighted by Crippen LogP contribution is 2.25. The predicted molar refractivity (Wildman–Crippen MR) is 55.0 cm³/mol. The van der Waals surface area contributed by atoms with Crippen molar-refractivity contribution in [3.8, 4) is 11.5 Å². The quantitative estimate of drug-likeness (QED) is 0.889. The summed E-state index contributed by atoms with van der Waals surface area (Å²) in [4.78, 5) is 0. The van der Waals surface area contributed by atoms with Gasteiger partial charge in [0.15, 0.2) is 0 Å². The molecule has 0 radical (unpaired) electrons. The summed E-state index contributed by atoms with van der Waals surface area (Å²) in [5.74, 6) is 0.308. The standard InChI is InChI=1S/C11H12F3NO2/c12-11(13,14)17-9-3-1-8(2-4-9)16-10-5-6-15-7-10/h1-4,10,15H,5-7H2/t10-/m0/s1. The van der Waals surface area contributed by atoms with Gasteiger partial charge in [-0.3, -0.25) is 0 Å². The van der Waals surface area contributed by atoms with Crippen LogP contribution in [0, 0.1) is 0 Å². The lowest BCUT2D eigenvalue weighted by atomic mass is 10.3. The van der Waals surface area contributed by atoms with Crippen LogP contribution in [-0.4, -0.2) is 25.6 Å². The molecule has 0 amide bonds. The fourth-order valence-electron chi connectivity index (χ4n) is 1.64. The first kappa shape index (κ1) is 12.0. The van der Waals surface area contributed by atoms with Gasteiger partial charge in [-0.1, -0.05) is 0 Å². The highest BCUT2D eigenvalue weighted by atomic mass is 19.4. The Hall–Kier alpha value is -1.43. The van der Waals surface area contributed by atoms with Crippen molar-refractivity contribution in [3.05, 3.63) is 24.3 Å². The van der Waals surface area contributed by atoms with Gasteiger partial charge in [-0.05, 0) is 37.2 Å². The van der Waals surface area contributed by atoms with Crippen LogP contribution in [-0.2, 0) is 0 Å². The molecular formula is C11H12F3NO2. The molecule has 1 aromatic rings. The lowest BCUT2D eigenvalue weighted by Gasteiger charge is -2.13. The maximum atomic E-state index is 11.9. The Labute approximate surface area is 96.5 Å². The molecule has 2 rings (SSSR count). The van der Waals surface area contributed by atoms with Crippen LogP contribution >= 0.6 is 0 Å². The molecule has 0 saturated carbocycles. The minimum absolute atomic E-state index is 0.0874. The smallest absolute Gasteiger partial charge is 0.489 e. The maximum Gasteiger partial charge on any atom is 0.573 e. The average molecular weight is 247 g/mol. The number of alkyl halides is 3. The van der Waals surface area contributed by atoms with Crippen molar-refractivity contribution in [1.29, 1.82) is 0 Å². The number of nitrogens with one attached hydrogen (secondary N) is 1. The first-order valence-corrected chi connectivity index (χ1v) is 5.26. The van der Waals surface area contributed by atoms with E-state index in [1.165, 1.54) is 24.3 Å². The fraction of sp³-hybridized carbons (Fsp3) is 0.455. The summed E-state index contributed by atoms with van der Waals surface area (Å²) in [6, 6.07) is 5.43. The van der Waals surface area contributed by atoms with Crippen LogP contribution < -0.4 is 14.8 Å². The summed E-state index contributed by atoms with van der Waals surface area (Å²) in [6.07, 6.45) is -3.66. The van der Waals surface area contributed by atoms with E-state index in [-0.39, 0.29) is 11.9 Å². The van der Waals surface area contributed by atoms with E-state index >= 15 is 0 Å². The molecule has 94 valence electrons. The van der Waals surface area contributed by atoms with Gasteiger partial charge in [0, 0.05) is 6.54 Å². The second-order valence-corrected chi connectivity index (χ2v) is 3.75. The number of hydrogen-bond donors (Lipinski definition) is 1. The Morgan fingerprint density at radius 3 is 2.29 bits per heavy atom. The number of halogens is 3. The molecular weight excluding hydrogens is 235 g/mol.